The third-order valence-corrected chi connectivity index (χ3v) is 2.87. The van der Waals surface area contributed by atoms with Crippen molar-refractivity contribution in [1.82, 2.24) is 9.38 Å². The van der Waals surface area contributed by atoms with Crippen molar-refractivity contribution in [2.24, 2.45) is 0 Å². The summed E-state index contributed by atoms with van der Waals surface area (Å²) in [7, 11) is 0. The van der Waals surface area contributed by atoms with Crippen molar-refractivity contribution < 1.29 is 4.39 Å². The van der Waals surface area contributed by atoms with Crippen LogP contribution in [-0.4, -0.2) is 9.38 Å². The van der Waals surface area contributed by atoms with Gasteiger partial charge in [0, 0.05) is 18.0 Å². The van der Waals surface area contributed by atoms with Crippen molar-refractivity contribution in [2.45, 2.75) is 0 Å². The fourth-order valence-electron chi connectivity index (χ4n) is 1.73. The van der Waals surface area contributed by atoms with Crippen LogP contribution in [0.1, 0.15) is 0 Å². The highest BCUT2D eigenvalue weighted by atomic mass is 35.5. The van der Waals surface area contributed by atoms with Gasteiger partial charge in [-0.05, 0) is 30.3 Å². The van der Waals surface area contributed by atoms with Gasteiger partial charge in [0.1, 0.15) is 11.5 Å². The maximum atomic E-state index is 13.1. The molecule has 2 aromatic heterocycles. The van der Waals surface area contributed by atoms with Crippen LogP contribution in [0.5, 0.6) is 0 Å². The summed E-state index contributed by atoms with van der Waals surface area (Å²) in [5.41, 5.74) is 2.43. The van der Waals surface area contributed by atoms with E-state index in [0.29, 0.717) is 0 Å². The van der Waals surface area contributed by atoms with Crippen molar-refractivity contribution in [3.63, 3.8) is 0 Å². The van der Waals surface area contributed by atoms with E-state index in [1.54, 1.807) is 12.1 Å². The molecule has 0 aliphatic heterocycles. The number of benzene rings is 1. The minimum absolute atomic E-state index is 0.111. The fourth-order valence-corrected chi connectivity index (χ4v) is 1.91. The Morgan fingerprint density at radius 3 is 2.82 bits per heavy atom. The first kappa shape index (κ1) is 10.3. The molecule has 4 heteroatoms. The number of halogens is 2. The maximum Gasteiger partial charge on any atom is 0.141 e. The van der Waals surface area contributed by atoms with E-state index >= 15 is 0 Å². The Morgan fingerprint density at radius 2 is 2.06 bits per heavy atom. The normalized spacial score (nSPS) is 10.9. The van der Waals surface area contributed by atoms with Crippen LogP contribution in [0.3, 0.4) is 0 Å². The van der Waals surface area contributed by atoms with Gasteiger partial charge in [0.15, 0.2) is 0 Å². The lowest BCUT2D eigenvalue weighted by atomic mass is 10.2. The van der Waals surface area contributed by atoms with Crippen molar-refractivity contribution in [2.75, 3.05) is 0 Å². The topological polar surface area (TPSA) is 17.3 Å². The number of hydrogen-bond acceptors (Lipinski definition) is 1. The standard InChI is InChI=1S/C13H8ClFN2/c14-10-7-9(4-5-11(10)15)12-8-17-6-2-1-3-13(17)16-12/h1-8H. The SMILES string of the molecule is Fc1ccc(-c2cn3ccccc3n2)cc1Cl. The van der Waals surface area contributed by atoms with E-state index in [-0.39, 0.29) is 5.02 Å². The first-order valence-electron chi connectivity index (χ1n) is 5.13. The predicted molar refractivity (Wildman–Crippen MR) is 65.6 cm³/mol. The monoisotopic (exact) mass is 246 g/mol. The second kappa shape index (κ2) is 3.86. The van der Waals surface area contributed by atoms with Gasteiger partial charge in [-0.1, -0.05) is 17.7 Å². The van der Waals surface area contributed by atoms with E-state index in [0.717, 1.165) is 16.9 Å². The van der Waals surface area contributed by atoms with Crippen LogP contribution in [-0.2, 0) is 0 Å². The molecule has 0 aliphatic carbocycles. The summed E-state index contributed by atoms with van der Waals surface area (Å²) in [6, 6.07) is 10.4. The number of fused-ring (bicyclic) bond motifs is 1. The van der Waals surface area contributed by atoms with Gasteiger partial charge in [-0.2, -0.15) is 0 Å². The number of rotatable bonds is 1. The second-order valence-corrected chi connectivity index (χ2v) is 4.13. The number of nitrogens with zero attached hydrogens (tertiary/aromatic N) is 2. The first-order chi connectivity index (χ1) is 8.24. The van der Waals surface area contributed by atoms with Crippen LogP contribution in [0.25, 0.3) is 16.9 Å². The molecule has 0 N–H and O–H groups in total. The summed E-state index contributed by atoms with van der Waals surface area (Å²) in [4.78, 5) is 4.44. The molecule has 84 valence electrons. The van der Waals surface area contributed by atoms with Crippen LogP contribution >= 0.6 is 11.6 Å². The minimum Gasteiger partial charge on any atom is -0.306 e. The Balaban J connectivity index is 2.17. The van der Waals surface area contributed by atoms with Gasteiger partial charge >= 0.3 is 0 Å². The summed E-state index contributed by atoms with van der Waals surface area (Å²) in [5, 5.41) is 0.111. The van der Waals surface area contributed by atoms with E-state index in [2.05, 4.69) is 4.98 Å². The summed E-state index contributed by atoms with van der Waals surface area (Å²) in [6.45, 7) is 0. The van der Waals surface area contributed by atoms with E-state index in [1.165, 1.54) is 6.07 Å². The average Bonchev–Trinajstić information content (AvgIpc) is 2.76. The van der Waals surface area contributed by atoms with Crippen LogP contribution in [0.2, 0.25) is 5.02 Å². The first-order valence-corrected chi connectivity index (χ1v) is 5.51. The predicted octanol–water partition coefficient (Wildman–Crippen LogP) is 3.79. The van der Waals surface area contributed by atoms with E-state index < -0.39 is 5.82 Å². The third-order valence-electron chi connectivity index (χ3n) is 2.58. The van der Waals surface area contributed by atoms with Crippen LogP contribution in [0.15, 0.2) is 48.8 Å². The summed E-state index contributed by atoms with van der Waals surface area (Å²) in [5.74, 6) is -0.417. The zero-order valence-electron chi connectivity index (χ0n) is 8.77. The van der Waals surface area contributed by atoms with Gasteiger partial charge < -0.3 is 4.40 Å². The van der Waals surface area contributed by atoms with Gasteiger partial charge in [-0.25, -0.2) is 9.37 Å². The highest BCUT2D eigenvalue weighted by molar-refractivity contribution is 6.31. The smallest absolute Gasteiger partial charge is 0.141 e. The molecule has 3 aromatic rings. The fraction of sp³-hybridized carbons (Fsp3) is 0. The molecule has 0 amide bonds. The van der Waals surface area contributed by atoms with Gasteiger partial charge in [0.25, 0.3) is 0 Å². The van der Waals surface area contributed by atoms with Gasteiger partial charge in [-0.15, -0.1) is 0 Å². The molecule has 0 fully saturated rings. The molecule has 0 aliphatic rings. The molecule has 0 radical (unpaired) electrons. The largest absolute Gasteiger partial charge is 0.306 e. The lowest BCUT2D eigenvalue weighted by Gasteiger charge is -1.97. The Labute approximate surface area is 102 Å². The second-order valence-electron chi connectivity index (χ2n) is 3.72. The molecule has 0 atom stereocenters. The molecule has 0 bridgehead atoms. The van der Waals surface area contributed by atoms with Crippen molar-refractivity contribution >= 4 is 17.2 Å². The zero-order chi connectivity index (χ0) is 11.8. The van der Waals surface area contributed by atoms with E-state index in [9.17, 15) is 4.39 Å². The Bertz CT molecular complexity index is 658. The van der Waals surface area contributed by atoms with Gasteiger partial charge in [0.2, 0.25) is 0 Å². The molecule has 2 heterocycles. The van der Waals surface area contributed by atoms with Crippen LogP contribution < -0.4 is 0 Å². The lowest BCUT2D eigenvalue weighted by molar-refractivity contribution is 0.628. The van der Waals surface area contributed by atoms with Crippen LogP contribution in [0, 0.1) is 5.82 Å². The van der Waals surface area contributed by atoms with E-state index in [4.69, 9.17) is 11.6 Å². The highest BCUT2D eigenvalue weighted by Crippen LogP contribution is 2.24. The number of hydrogen-bond donors (Lipinski definition) is 0. The number of pyridine rings is 1. The molecule has 0 saturated heterocycles. The molecule has 0 unspecified atom stereocenters. The molecular formula is C13H8ClFN2. The summed E-state index contributed by atoms with van der Waals surface area (Å²) >= 11 is 5.75. The third kappa shape index (κ3) is 1.78. The van der Waals surface area contributed by atoms with Crippen LogP contribution in [0.4, 0.5) is 4.39 Å². The molecule has 0 saturated carbocycles. The average molecular weight is 247 g/mol. The van der Waals surface area contributed by atoms with Crippen molar-refractivity contribution in [3.8, 4) is 11.3 Å². The van der Waals surface area contributed by atoms with Crippen molar-refractivity contribution in [3.05, 3.63) is 59.6 Å². The Hall–Kier alpha value is -1.87. The quantitative estimate of drug-likeness (QED) is 0.639. The summed E-state index contributed by atoms with van der Waals surface area (Å²) < 4.78 is 15.0. The number of imidazole rings is 1. The maximum absolute atomic E-state index is 13.1. The molecule has 2 nitrogen and oxygen atoms in total. The van der Waals surface area contributed by atoms with Gasteiger partial charge in [0.05, 0.1) is 10.7 Å². The minimum atomic E-state index is -0.417. The zero-order valence-corrected chi connectivity index (χ0v) is 9.53. The summed E-state index contributed by atoms with van der Waals surface area (Å²) in [6.07, 6.45) is 3.80. The molecule has 0 spiro atoms. The molecule has 3 rings (SSSR count). The lowest BCUT2D eigenvalue weighted by Crippen LogP contribution is -1.80. The Morgan fingerprint density at radius 1 is 1.18 bits per heavy atom. The molecule has 17 heavy (non-hydrogen) atoms. The van der Waals surface area contributed by atoms with Gasteiger partial charge in [-0.3, -0.25) is 0 Å². The molecular weight excluding hydrogens is 239 g/mol. The highest BCUT2D eigenvalue weighted by Gasteiger charge is 2.06. The Kier molecular flexibility index (Phi) is 2.34. The van der Waals surface area contributed by atoms with E-state index in [1.807, 2.05) is 35.0 Å². The van der Waals surface area contributed by atoms with Crippen molar-refractivity contribution in [1.29, 1.82) is 0 Å². The molecule has 1 aromatic carbocycles. The number of aromatic nitrogens is 2.